The molecule has 4 rings (SSSR count). The highest BCUT2D eigenvalue weighted by molar-refractivity contribution is 6.16. The van der Waals surface area contributed by atoms with Crippen LogP contribution in [0.4, 0.5) is 0 Å². The molecule has 0 atom stereocenters. The summed E-state index contributed by atoms with van der Waals surface area (Å²) in [7, 11) is 2.80. The maximum absolute atomic E-state index is 12.2. The third kappa shape index (κ3) is 3.68. The molecule has 1 aliphatic rings. The van der Waals surface area contributed by atoms with Gasteiger partial charge in [-0.15, -0.1) is 0 Å². The maximum Gasteiger partial charge on any atom is 0.341 e. The average molecular weight is 406 g/mol. The van der Waals surface area contributed by atoms with Gasteiger partial charge in [0.2, 0.25) is 0 Å². The first-order valence-electron chi connectivity index (χ1n) is 9.73. The molecule has 0 amide bonds. The largest absolute Gasteiger partial charge is 0.503 e. The highest BCUT2D eigenvalue weighted by Gasteiger charge is 2.20. The zero-order valence-corrected chi connectivity index (χ0v) is 16.9. The van der Waals surface area contributed by atoms with Crippen molar-refractivity contribution in [1.82, 2.24) is 0 Å². The summed E-state index contributed by atoms with van der Waals surface area (Å²) >= 11 is 0. The second-order valence-electron chi connectivity index (χ2n) is 7.06. The Balaban J connectivity index is 1.62. The number of hydrogen-bond acceptors (Lipinski definition) is 6. The molecule has 0 fully saturated rings. The molecule has 0 saturated carbocycles. The number of esters is 1. The van der Waals surface area contributed by atoms with Crippen LogP contribution in [0.15, 0.2) is 57.9 Å². The van der Waals surface area contributed by atoms with Crippen LogP contribution in [-0.2, 0) is 33.7 Å². The molecule has 2 aromatic carbocycles. The van der Waals surface area contributed by atoms with E-state index in [9.17, 15) is 9.59 Å². The highest BCUT2D eigenvalue weighted by atomic mass is 16.5. The summed E-state index contributed by atoms with van der Waals surface area (Å²) in [6.45, 7) is 0.217. The number of fused-ring (bicyclic) bond motifs is 3. The van der Waals surface area contributed by atoms with Crippen LogP contribution in [0.1, 0.15) is 28.7 Å². The van der Waals surface area contributed by atoms with Crippen molar-refractivity contribution in [3.63, 3.8) is 0 Å². The van der Waals surface area contributed by atoms with E-state index in [4.69, 9.17) is 18.6 Å². The fourth-order valence-electron chi connectivity index (χ4n) is 3.87. The van der Waals surface area contributed by atoms with E-state index in [1.54, 1.807) is 6.07 Å². The van der Waals surface area contributed by atoms with Gasteiger partial charge < -0.3 is 18.6 Å². The fourth-order valence-corrected chi connectivity index (χ4v) is 3.87. The molecule has 6 nitrogen and oxygen atoms in total. The molecule has 0 radical (unpaired) electrons. The van der Waals surface area contributed by atoms with Gasteiger partial charge in [0.25, 0.3) is 0 Å². The lowest BCUT2D eigenvalue weighted by molar-refractivity contribution is -0.133. The van der Waals surface area contributed by atoms with Crippen LogP contribution in [0.2, 0.25) is 0 Å². The summed E-state index contributed by atoms with van der Waals surface area (Å²) < 4.78 is 21.4. The van der Waals surface area contributed by atoms with E-state index < -0.39 is 5.97 Å². The first-order valence-corrected chi connectivity index (χ1v) is 9.73. The predicted molar refractivity (Wildman–Crippen MR) is 112 cm³/mol. The van der Waals surface area contributed by atoms with E-state index in [-0.39, 0.29) is 12.2 Å². The molecule has 1 heterocycles. The number of rotatable bonds is 6. The Bertz CT molecular complexity index is 1190. The molecule has 1 aromatic heterocycles. The fraction of sp³-hybridized carbons (Fsp3) is 0.250. The smallest absolute Gasteiger partial charge is 0.341 e. The Morgan fingerprint density at radius 3 is 2.70 bits per heavy atom. The minimum atomic E-state index is -0.495. The average Bonchev–Trinajstić information content (AvgIpc) is 3.26. The van der Waals surface area contributed by atoms with Gasteiger partial charge in [0.15, 0.2) is 0 Å². The summed E-state index contributed by atoms with van der Waals surface area (Å²) in [6.07, 6.45) is 4.01. The second kappa shape index (κ2) is 8.45. The Labute approximate surface area is 173 Å². The Morgan fingerprint density at radius 2 is 1.90 bits per heavy atom. The van der Waals surface area contributed by atoms with Gasteiger partial charge in [-0.2, -0.15) is 0 Å². The lowest BCUT2D eigenvalue weighted by Gasteiger charge is -2.13. The van der Waals surface area contributed by atoms with E-state index in [2.05, 4.69) is 0 Å². The van der Waals surface area contributed by atoms with E-state index >= 15 is 0 Å². The van der Waals surface area contributed by atoms with E-state index in [0.29, 0.717) is 22.5 Å². The van der Waals surface area contributed by atoms with Crippen LogP contribution >= 0.6 is 0 Å². The zero-order valence-electron chi connectivity index (χ0n) is 16.9. The molecule has 0 N–H and O–H groups in total. The number of carbonyl (C=O) groups excluding carboxylic acids is 1. The van der Waals surface area contributed by atoms with Gasteiger partial charge in [-0.3, -0.25) is 0 Å². The van der Waals surface area contributed by atoms with Crippen molar-refractivity contribution in [2.24, 2.45) is 0 Å². The topological polar surface area (TPSA) is 75.0 Å². The molecule has 0 spiro atoms. The highest BCUT2D eigenvalue weighted by Crippen LogP contribution is 2.30. The third-order valence-corrected chi connectivity index (χ3v) is 5.29. The number of hydrogen-bond donors (Lipinski definition) is 0. The van der Waals surface area contributed by atoms with Gasteiger partial charge in [0.1, 0.15) is 23.5 Å². The van der Waals surface area contributed by atoms with Gasteiger partial charge in [-0.1, -0.05) is 24.3 Å². The van der Waals surface area contributed by atoms with Gasteiger partial charge in [0, 0.05) is 17.0 Å². The number of carbonyl (C=O) groups is 1. The normalized spacial score (nSPS) is 13.2. The van der Waals surface area contributed by atoms with E-state index in [1.807, 2.05) is 36.4 Å². The molecular formula is C24H22O6. The van der Waals surface area contributed by atoms with Crippen molar-refractivity contribution in [3.05, 3.63) is 81.4 Å². The SMILES string of the molecule is CO/C=C(/C(=O)OC)c1ccccc1COc1ccc2c3c(c(=O)oc2c1)CCC3. The van der Waals surface area contributed by atoms with Crippen LogP contribution in [-0.4, -0.2) is 20.2 Å². The van der Waals surface area contributed by atoms with E-state index in [1.165, 1.54) is 20.5 Å². The third-order valence-electron chi connectivity index (χ3n) is 5.29. The summed E-state index contributed by atoms with van der Waals surface area (Å²) in [5.74, 6) is 0.0828. The summed E-state index contributed by atoms with van der Waals surface area (Å²) in [5.41, 5.74) is 3.92. The van der Waals surface area contributed by atoms with Gasteiger partial charge in [0.05, 0.1) is 20.5 Å². The number of ether oxygens (including phenoxy) is 3. The monoisotopic (exact) mass is 406 g/mol. The minimum Gasteiger partial charge on any atom is -0.503 e. The molecule has 0 aliphatic heterocycles. The molecule has 0 bridgehead atoms. The summed E-state index contributed by atoms with van der Waals surface area (Å²) in [4.78, 5) is 24.4. The van der Waals surface area contributed by atoms with Crippen molar-refractivity contribution in [1.29, 1.82) is 0 Å². The molecule has 1 aliphatic carbocycles. The molecule has 0 saturated heterocycles. The second-order valence-corrected chi connectivity index (χ2v) is 7.06. The molecule has 0 unspecified atom stereocenters. The van der Waals surface area contributed by atoms with Gasteiger partial charge >= 0.3 is 11.6 Å². The van der Waals surface area contributed by atoms with Gasteiger partial charge in [-0.25, -0.2) is 9.59 Å². The zero-order chi connectivity index (χ0) is 21.1. The number of methoxy groups -OCH3 is 2. The Morgan fingerprint density at radius 1 is 1.10 bits per heavy atom. The number of benzene rings is 2. The van der Waals surface area contributed by atoms with Crippen molar-refractivity contribution in [2.45, 2.75) is 25.9 Å². The standard InChI is InChI=1S/C24H22O6/c1-27-14-21(23(25)28-2)17-7-4-3-6-15(17)13-29-16-10-11-19-18-8-5-9-20(18)24(26)30-22(19)12-16/h3-4,6-7,10-12,14H,5,8-9,13H2,1-2H3/b21-14+. The Kier molecular flexibility index (Phi) is 5.57. The lowest BCUT2D eigenvalue weighted by Crippen LogP contribution is -2.08. The van der Waals surface area contributed by atoms with Gasteiger partial charge in [-0.05, 0) is 48.1 Å². The van der Waals surface area contributed by atoms with Crippen molar-refractivity contribution in [2.75, 3.05) is 14.2 Å². The first kappa shape index (κ1) is 19.8. The Hall–Kier alpha value is -3.54. The molecular weight excluding hydrogens is 384 g/mol. The summed E-state index contributed by atoms with van der Waals surface area (Å²) in [5, 5.41) is 0.964. The van der Waals surface area contributed by atoms with E-state index in [0.717, 1.165) is 41.3 Å². The number of aryl methyl sites for hydroxylation is 1. The van der Waals surface area contributed by atoms with Crippen LogP contribution in [0.5, 0.6) is 5.75 Å². The van der Waals surface area contributed by atoms with Crippen LogP contribution < -0.4 is 10.4 Å². The minimum absolute atomic E-state index is 0.217. The lowest BCUT2D eigenvalue weighted by atomic mass is 10.0. The maximum atomic E-state index is 12.2. The molecule has 154 valence electrons. The van der Waals surface area contributed by atoms with Crippen molar-refractivity contribution >= 4 is 22.5 Å². The first-order chi connectivity index (χ1) is 14.6. The summed E-state index contributed by atoms with van der Waals surface area (Å²) in [6, 6.07) is 12.9. The van der Waals surface area contributed by atoms with Crippen molar-refractivity contribution in [3.8, 4) is 5.75 Å². The molecule has 30 heavy (non-hydrogen) atoms. The quantitative estimate of drug-likeness (QED) is 0.266. The van der Waals surface area contributed by atoms with Crippen LogP contribution in [0.25, 0.3) is 16.5 Å². The van der Waals surface area contributed by atoms with Crippen molar-refractivity contribution < 1.29 is 23.4 Å². The molecule has 6 heteroatoms. The van der Waals surface area contributed by atoms with Crippen LogP contribution in [0.3, 0.4) is 0 Å². The predicted octanol–water partition coefficient (Wildman–Crippen LogP) is 4.02. The molecule has 3 aromatic rings. The van der Waals surface area contributed by atoms with Crippen LogP contribution in [0, 0.1) is 0 Å².